The van der Waals surface area contributed by atoms with E-state index < -0.39 is 11.9 Å². The summed E-state index contributed by atoms with van der Waals surface area (Å²) in [6.07, 6.45) is 0.499. The van der Waals surface area contributed by atoms with E-state index in [1.165, 1.54) is 0 Å². The lowest BCUT2D eigenvalue weighted by molar-refractivity contribution is -0.142. The average molecular weight is 242 g/mol. The van der Waals surface area contributed by atoms with Gasteiger partial charge in [0.2, 0.25) is 5.91 Å². The van der Waals surface area contributed by atoms with E-state index in [-0.39, 0.29) is 17.9 Å². The fraction of sp³-hybridized carbons (Fsp3) is 0.833. The number of hydrogen-bond acceptors (Lipinski definition) is 3. The van der Waals surface area contributed by atoms with Crippen LogP contribution < -0.4 is 0 Å². The molecular weight excluding hydrogens is 220 g/mol. The van der Waals surface area contributed by atoms with Crippen molar-refractivity contribution in [3.63, 3.8) is 0 Å². The predicted octanol–water partition coefficient (Wildman–Crippen LogP) is 0.506. The molecule has 0 radical (unpaired) electrons. The number of carbonyl (C=O) groups is 2. The average Bonchev–Trinajstić information content (AvgIpc) is 2.96. The van der Waals surface area contributed by atoms with Gasteiger partial charge in [-0.15, -0.1) is 0 Å². The molecule has 1 aliphatic rings. The third-order valence-electron chi connectivity index (χ3n) is 3.21. The lowest BCUT2D eigenvalue weighted by atomic mass is 10.2. The highest BCUT2D eigenvalue weighted by atomic mass is 16.4. The molecule has 0 bridgehead atoms. The third kappa shape index (κ3) is 3.43. The van der Waals surface area contributed by atoms with Crippen LogP contribution in [-0.2, 0) is 9.59 Å². The topological polar surface area (TPSA) is 60.9 Å². The summed E-state index contributed by atoms with van der Waals surface area (Å²) in [5, 5.41) is 8.83. The van der Waals surface area contributed by atoms with E-state index in [1.54, 1.807) is 4.90 Å². The molecule has 0 aliphatic heterocycles. The molecular formula is C12H22N2O3. The van der Waals surface area contributed by atoms with Crippen LogP contribution in [0.25, 0.3) is 0 Å². The maximum atomic E-state index is 12.1. The Morgan fingerprint density at radius 3 is 2.29 bits per heavy atom. The highest BCUT2D eigenvalue weighted by Gasteiger charge is 2.50. The van der Waals surface area contributed by atoms with Crippen LogP contribution in [0.4, 0.5) is 0 Å². The van der Waals surface area contributed by atoms with Crippen LogP contribution in [0.5, 0.6) is 0 Å². The first-order valence-electron chi connectivity index (χ1n) is 6.06. The van der Waals surface area contributed by atoms with Gasteiger partial charge in [-0.05, 0) is 34.4 Å². The van der Waals surface area contributed by atoms with Gasteiger partial charge < -0.3 is 14.9 Å². The summed E-state index contributed by atoms with van der Waals surface area (Å²) in [5.41, 5.74) is 0. The number of nitrogens with zero attached hydrogens (tertiary/aromatic N) is 2. The minimum Gasteiger partial charge on any atom is -0.481 e. The Labute approximate surface area is 102 Å². The van der Waals surface area contributed by atoms with Crippen molar-refractivity contribution in [1.82, 2.24) is 9.80 Å². The second-order valence-electron chi connectivity index (χ2n) is 5.02. The van der Waals surface area contributed by atoms with Crippen molar-refractivity contribution in [3.8, 4) is 0 Å². The molecule has 1 rings (SSSR count). The van der Waals surface area contributed by atoms with Crippen LogP contribution in [0.2, 0.25) is 0 Å². The van der Waals surface area contributed by atoms with Crippen LogP contribution in [0.1, 0.15) is 20.3 Å². The van der Waals surface area contributed by atoms with Gasteiger partial charge in [-0.3, -0.25) is 9.59 Å². The van der Waals surface area contributed by atoms with Crippen LogP contribution in [0, 0.1) is 11.8 Å². The quantitative estimate of drug-likeness (QED) is 0.737. The molecule has 0 heterocycles. The molecule has 1 aliphatic carbocycles. The summed E-state index contributed by atoms with van der Waals surface area (Å²) >= 11 is 0. The monoisotopic (exact) mass is 242 g/mol. The normalized spacial score (nSPS) is 24.5. The van der Waals surface area contributed by atoms with Gasteiger partial charge in [-0.25, -0.2) is 0 Å². The zero-order valence-electron chi connectivity index (χ0n) is 11.0. The van der Waals surface area contributed by atoms with Crippen molar-refractivity contribution in [2.75, 3.05) is 27.2 Å². The maximum Gasteiger partial charge on any atom is 0.307 e. The molecule has 17 heavy (non-hydrogen) atoms. The molecule has 0 aromatic carbocycles. The molecule has 3 atom stereocenters. The number of likely N-dealkylation sites (N-methyl/N-ethyl adjacent to an activating group) is 2. The lowest BCUT2D eigenvalue weighted by Gasteiger charge is -2.30. The minimum atomic E-state index is -0.848. The Morgan fingerprint density at radius 2 is 1.94 bits per heavy atom. The number of carboxylic acid groups (broad SMARTS) is 1. The van der Waals surface area contributed by atoms with E-state index in [2.05, 4.69) is 0 Å². The summed E-state index contributed by atoms with van der Waals surface area (Å²) < 4.78 is 0. The Kier molecular flexibility index (Phi) is 4.51. The number of rotatable bonds is 6. The van der Waals surface area contributed by atoms with E-state index in [4.69, 9.17) is 5.11 Å². The van der Waals surface area contributed by atoms with Gasteiger partial charge in [-0.1, -0.05) is 0 Å². The second-order valence-corrected chi connectivity index (χ2v) is 5.02. The van der Waals surface area contributed by atoms with Crippen LogP contribution in [0.3, 0.4) is 0 Å². The lowest BCUT2D eigenvalue weighted by Crippen LogP contribution is -2.44. The Hall–Kier alpha value is -1.10. The predicted molar refractivity (Wildman–Crippen MR) is 64.6 cm³/mol. The first-order valence-corrected chi connectivity index (χ1v) is 6.06. The fourth-order valence-electron chi connectivity index (χ4n) is 2.27. The van der Waals surface area contributed by atoms with E-state index in [1.807, 2.05) is 32.8 Å². The van der Waals surface area contributed by atoms with E-state index in [9.17, 15) is 9.59 Å². The Bertz CT molecular complexity index is 304. The summed E-state index contributed by atoms with van der Waals surface area (Å²) in [6, 6.07) is 0.123. The van der Waals surface area contributed by atoms with Crippen molar-refractivity contribution < 1.29 is 14.7 Å². The number of hydrogen-bond donors (Lipinski definition) is 1. The zero-order valence-corrected chi connectivity index (χ0v) is 11.0. The third-order valence-corrected chi connectivity index (χ3v) is 3.21. The van der Waals surface area contributed by atoms with E-state index in [0.29, 0.717) is 13.0 Å². The Morgan fingerprint density at radius 1 is 1.35 bits per heavy atom. The fourth-order valence-corrected chi connectivity index (χ4v) is 2.27. The van der Waals surface area contributed by atoms with Crippen molar-refractivity contribution in [2.45, 2.75) is 26.3 Å². The number of carbonyl (C=O) groups excluding carboxylic acids is 1. The summed E-state index contributed by atoms with van der Waals surface area (Å²) in [7, 11) is 3.93. The molecule has 5 heteroatoms. The molecule has 1 unspecified atom stereocenters. The highest BCUT2D eigenvalue weighted by Crippen LogP contribution is 2.40. The summed E-state index contributed by atoms with van der Waals surface area (Å²) in [5.74, 6) is -1.60. The molecule has 0 aromatic rings. The van der Waals surface area contributed by atoms with Gasteiger partial charge in [0.05, 0.1) is 11.8 Å². The van der Waals surface area contributed by atoms with E-state index in [0.717, 1.165) is 6.54 Å². The van der Waals surface area contributed by atoms with Crippen molar-refractivity contribution >= 4 is 11.9 Å². The van der Waals surface area contributed by atoms with Crippen LogP contribution >= 0.6 is 0 Å². The van der Waals surface area contributed by atoms with Gasteiger partial charge >= 0.3 is 5.97 Å². The van der Waals surface area contributed by atoms with Gasteiger partial charge in [-0.2, -0.15) is 0 Å². The molecule has 1 N–H and O–H groups in total. The maximum absolute atomic E-state index is 12.1. The smallest absolute Gasteiger partial charge is 0.307 e. The molecule has 0 aromatic heterocycles. The van der Waals surface area contributed by atoms with Gasteiger partial charge in [0.15, 0.2) is 0 Å². The molecule has 0 saturated heterocycles. The summed E-state index contributed by atoms with van der Waals surface area (Å²) in [6.45, 7) is 5.36. The van der Waals surface area contributed by atoms with E-state index >= 15 is 0 Å². The van der Waals surface area contributed by atoms with Crippen molar-refractivity contribution in [1.29, 1.82) is 0 Å². The standard InChI is InChI=1S/C12H22N2O3/c1-5-14(8(2)7-13(3)4)11(15)9-6-10(9)12(16)17/h8-10H,5-7H2,1-4H3,(H,16,17)/t8?,9-,10+/m1/s1. The van der Waals surface area contributed by atoms with Crippen LogP contribution in [0.15, 0.2) is 0 Å². The SMILES string of the molecule is CCN(C(=O)[C@@H]1C[C@@H]1C(=O)O)C(C)CN(C)C. The van der Waals surface area contributed by atoms with Gasteiger partial charge in [0, 0.05) is 19.1 Å². The van der Waals surface area contributed by atoms with Crippen molar-refractivity contribution in [2.24, 2.45) is 11.8 Å². The number of carboxylic acids is 1. The minimum absolute atomic E-state index is 0.00532. The van der Waals surface area contributed by atoms with Gasteiger partial charge in [0.25, 0.3) is 0 Å². The molecule has 98 valence electrons. The number of aliphatic carboxylic acids is 1. The van der Waals surface area contributed by atoms with Crippen molar-refractivity contribution in [3.05, 3.63) is 0 Å². The molecule has 1 saturated carbocycles. The van der Waals surface area contributed by atoms with Crippen LogP contribution in [-0.4, -0.2) is 60.0 Å². The molecule has 5 nitrogen and oxygen atoms in total. The zero-order chi connectivity index (χ0) is 13.2. The second kappa shape index (κ2) is 5.49. The largest absolute Gasteiger partial charge is 0.481 e. The summed E-state index contributed by atoms with van der Waals surface area (Å²) in [4.78, 5) is 26.7. The van der Waals surface area contributed by atoms with Gasteiger partial charge in [0.1, 0.15) is 0 Å². The first kappa shape index (κ1) is 14.0. The first-order chi connectivity index (χ1) is 7.88. The highest BCUT2D eigenvalue weighted by molar-refractivity contribution is 5.89. The number of amides is 1. The molecule has 1 amide bonds. The molecule has 0 spiro atoms. The molecule has 1 fully saturated rings. The Balaban J connectivity index is 2.56.